The summed E-state index contributed by atoms with van der Waals surface area (Å²) in [4.78, 5) is 4.29. The van der Waals surface area contributed by atoms with E-state index in [2.05, 4.69) is 25.8 Å². The van der Waals surface area contributed by atoms with Gasteiger partial charge in [0.05, 0.1) is 5.69 Å². The van der Waals surface area contributed by atoms with Crippen LogP contribution in [0.15, 0.2) is 24.4 Å². The molecular formula is C11H17NO. The first kappa shape index (κ1) is 10.2. The third kappa shape index (κ3) is 2.52. The molecule has 0 saturated carbocycles. The van der Waals surface area contributed by atoms with E-state index in [-0.39, 0.29) is 11.5 Å². The zero-order valence-corrected chi connectivity index (χ0v) is 8.74. The van der Waals surface area contributed by atoms with Gasteiger partial charge in [-0.3, -0.25) is 4.98 Å². The minimum absolute atomic E-state index is 0.0636. The lowest BCUT2D eigenvalue weighted by molar-refractivity contribution is 0.0121. The second kappa shape index (κ2) is 3.88. The van der Waals surface area contributed by atoms with Crippen LogP contribution in [0.3, 0.4) is 0 Å². The second-order valence-electron chi connectivity index (χ2n) is 4.24. The Labute approximate surface area is 80.0 Å². The van der Waals surface area contributed by atoms with Crippen molar-refractivity contribution in [3.8, 4) is 0 Å². The van der Waals surface area contributed by atoms with Crippen LogP contribution >= 0.6 is 0 Å². The lowest BCUT2D eigenvalue weighted by Gasteiger charge is -2.28. The summed E-state index contributed by atoms with van der Waals surface area (Å²) in [6.07, 6.45) is 1.86. The van der Waals surface area contributed by atoms with Crippen LogP contribution in [-0.2, 0) is 4.74 Å². The lowest BCUT2D eigenvalue weighted by Crippen LogP contribution is -2.20. The summed E-state index contributed by atoms with van der Waals surface area (Å²) in [5.41, 5.74) is 1.08. The van der Waals surface area contributed by atoms with Gasteiger partial charge in [-0.2, -0.15) is 0 Å². The highest BCUT2D eigenvalue weighted by molar-refractivity contribution is 5.09. The number of rotatable bonds is 2. The third-order valence-electron chi connectivity index (χ3n) is 1.98. The zero-order valence-electron chi connectivity index (χ0n) is 8.74. The number of methoxy groups -OCH3 is 1. The van der Waals surface area contributed by atoms with Crippen molar-refractivity contribution >= 4 is 0 Å². The maximum absolute atomic E-state index is 5.44. The highest BCUT2D eigenvalue weighted by Crippen LogP contribution is 2.33. The molecule has 0 spiro atoms. The first-order valence-corrected chi connectivity index (χ1v) is 4.49. The number of aromatic nitrogens is 1. The molecule has 0 N–H and O–H groups in total. The number of nitrogens with zero attached hydrogens (tertiary/aromatic N) is 1. The van der Waals surface area contributed by atoms with Crippen LogP contribution in [-0.4, -0.2) is 12.1 Å². The van der Waals surface area contributed by atoms with Crippen LogP contribution in [0.25, 0.3) is 0 Å². The quantitative estimate of drug-likeness (QED) is 0.696. The van der Waals surface area contributed by atoms with E-state index in [1.165, 1.54) is 0 Å². The minimum Gasteiger partial charge on any atom is -0.375 e. The minimum atomic E-state index is 0.0636. The fourth-order valence-electron chi connectivity index (χ4n) is 1.45. The molecule has 0 unspecified atom stereocenters. The van der Waals surface area contributed by atoms with E-state index < -0.39 is 0 Å². The first-order chi connectivity index (χ1) is 6.05. The lowest BCUT2D eigenvalue weighted by atomic mass is 9.87. The molecule has 0 amide bonds. The highest BCUT2D eigenvalue weighted by atomic mass is 16.5. The molecule has 0 aliphatic carbocycles. The summed E-state index contributed by atoms with van der Waals surface area (Å²) in [7, 11) is 1.73. The van der Waals surface area contributed by atoms with E-state index >= 15 is 0 Å². The van der Waals surface area contributed by atoms with Gasteiger partial charge in [0.25, 0.3) is 0 Å². The van der Waals surface area contributed by atoms with Gasteiger partial charge < -0.3 is 4.74 Å². The Kier molecular flexibility index (Phi) is 3.04. The van der Waals surface area contributed by atoms with Crippen LogP contribution in [0, 0.1) is 5.41 Å². The zero-order chi connectivity index (χ0) is 9.90. The molecule has 0 aromatic carbocycles. The summed E-state index contributed by atoms with van der Waals surface area (Å²) in [6.45, 7) is 6.45. The monoisotopic (exact) mass is 179 g/mol. The van der Waals surface area contributed by atoms with Crippen LogP contribution in [0.1, 0.15) is 32.6 Å². The predicted molar refractivity (Wildman–Crippen MR) is 53.4 cm³/mol. The Morgan fingerprint density at radius 1 is 1.31 bits per heavy atom. The average molecular weight is 179 g/mol. The van der Waals surface area contributed by atoms with Crippen molar-refractivity contribution in [2.45, 2.75) is 26.9 Å². The van der Waals surface area contributed by atoms with Crippen molar-refractivity contribution in [3.05, 3.63) is 30.1 Å². The van der Waals surface area contributed by atoms with E-state index in [0.717, 1.165) is 5.69 Å². The van der Waals surface area contributed by atoms with E-state index in [0.29, 0.717) is 0 Å². The molecule has 0 aliphatic heterocycles. The first-order valence-electron chi connectivity index (χ1n) is 4.49. The molecule has 0 saturated heterocycles. The van der Waals surface area contributed by atoms with Crippen LogP contribution in [0.2, 0.25) is 0 Å². The van der Waals surface area contributed by atoms with Crippen LogP contribution in [0.4, 0.5) is 0 Å². The van der Waals surface area contributed by atoms with Gasteiger partial charge in [0.2, 0.25) is 0 Å². The second-order valence-corrected chi connectivity index (χ2v) is 4.24. The Morgan fingerprint density at radius 2 is 2.00 bits per heavy atom. The fourth-order valence-corrected chi connectivity index (χ4v) is 1.45. The number of hydrogen-bond donors (Lipinski definition) is 0. The molecule has 72 valence electrons. The van der Waals surface area contributed by atoms with E-state index in [9.17, 15) is 0 Å². The largest absolute Gasteiger partial charge is 0.375 e. The van der Waals surface area contributed by atoms with Gasteiger partial charge in [-0.15, -0.1) is 0 Å². The molecule has 13 heavy (non-hydrogen) atoms. The van der Waals surface area contributed by atoms with Crippen molar-refractivity contribution in [1.82, 2.24) is 4.98 Å². The Morgan fingerprint density at radius 3 is 2.38 bits per heavy atom. The normalized spacial score (nSPS) is 14.2. The van der Waals surface area contributed by atoms with Crippen LogP contribution in [0.5, 0.6) is 0 Å². The van der Waals surface area contributed by atoms with Gasteiger partial charge in [0.15, 0.2) is 0 Å². The fraction of sp³-hybridized carbons (Fsp3) is 0.545. The molecule has 0 bridgehead atoms. The standard InChI is InChI=1S/C11H17NO/c1-11(2,3)10(13-4)9-7-5-6-8-12-9/h5-8,10H,1-4H3/t10-/m0/s1. The van der Waals surface area contributed by atoms with Gasteiger partial charge in [-0.25, -0.2) is 0 Å². The molecule has 2 heteroatoms. The van der Waals surface area contributed by atoms with Crippen LogP contribution < -0.4 is 0 Å². The van der Waals surface area contributed by atoms with Gasteiger partial charge in [0, 0.05) is 13.3 Å². The highest BCUT2D eigenvalue weighted by Gasteiger charge is 2.26. The molecule has 1 aromatic rings. The van der Waals surface area contributed by atoms with Crippen molar-refractivity contribution in [3.63, 3.8) is 0 Å². The Hall–Kier alpha value is -0.890. The molecule has 0 fully saturated rings. The molecule has 1 atom stereocenters. The average Bonchev–Trinajstić information content (AvgIpc) is 2.05. The SMILES string of the molecule is CO[C@@H](c1ccccn1)C(C)(C)C. The molecule has 1 rings (SSSR count). The van der Waals surface area contributed by atoms with Gasteiger partial charge in [-0.1, -0.05) is 26.8 Å². The van der Waals surface area contributed by atoms with Crippen molar-refractivity contribution in [2.75, 3.05) is 7.11 Å². The topological polar surface area (TPSA) is 22.1 Å². The summed E-state index contributed by atoms with van der Waals surface area (Å²) < 4.78 is 5.44. The molecule has 0 radical (unpaired) electrons. The Balaban J connectivity index is 2.92. The van der Waals surface area contributed by atoms with E-state index in [1.807, 2.05) is 18.2 Å². The van der Waals surface area contributed by atoms with Gasteiger partial charge in [0.1, 0.15) is 6.10 Å². The molecule has 1 heterocycles. The molecular weight excluding hydrogens is 162 g/mol. The Bertz CT molecular complexity index is 251. The predicted octanol–water partition coefficient (Wildman–Crippen LogP) is 2.82. The summed E-state index contributed by atoms with van der Waals surface area (Å²) >= 11 is 0. The number of hydrogen-bond acceptors (Lipinski definition) is 2. The maximum atomic E-state index is 5.44. The number of ether oxygens (including phenoxy) is 1. The smallest absolute Gasteiger partial charge is 0.104 e. The summed E-state index contributed by atoms with van der Waals surface area (Å²) in [5, 5.41) is 0. The van der Waals surface area contributed by atoms with Gasteiger partial charge in [-0.05, 0) is 17.5 Å². The third-order valence-corrected chi connectivity index (χ3v) is 1.98. The number of pyridine rings is 1. The van der Waals surface area contributed by atoms with Crippen molar-refractivity contribution in [2.24, 2.45) is 5.41 Å². The molecule has 2 nitrogen and oxygen atoms in total. The van der Waals surface area contributed by atoms with Gasteiger partial charge >= 0.3 is 0 Å². The van der Waals surface area contributed by atoms with Crippen molar-refractivity contribution in [1.29, 1.82) is 0 Å². The van der Waals surface area contributed by atoms with E-state index in [4.69, 9.17) is 4.74 Å². The summed E-state index contributed by atoms with van der Waals surface area (Å²) in [6, 6.07) is 5.90. The maximum Gasteiger partial charge on any atom is 0.104 e. The van der Waals surface area contributed by atoms with E-state index in [1.54, 1.807) is 13.3 Å². The van der Waals surface area contributed by atoms with Crippen molar-refractivity contribution < 1.29 is 4.74 Å². The summed E-state index contributed by atoms with van der Waals surface area (Å²) in [5.74, 6) is 0. The molecule has 1 aromatic heterocycles. The molecule has 0 aliphatic rings.